The van der Waals surface area contributed by atoms with Gasteiger partial charge in [0.05, 0.1) is 23.8 Å². The number of hydrogen-bond acceptors (Lipinski definition) is 6. The number of benzene rings is 1. The molecule has 0 bridgehead atoms. The van der Waals surface area contributed by atoms with E-state index in [1.165, 1.54) is 16.8 Å². The first-order chi connectivity index (χ1) is 15.5. The van der Waals surface area contributed by atoms with Crippen molar-refractivity contribution in [3.05, 3.63) is 47.8 Å². The van der Waals surface area contributed by atoms with E-state index in [0.717, 1.165) is 55.7 Å². The Labute approximate surface area is 187 Å². The molecule has 2 fully saturated rings. The van der Waals surface area contributed by atoms with Crippen LogP contribution in [0, 0.1) is 0 Å². The highest BCUT2D eigenvalue weighted by Crippen LogP contribution is 2.38. The summed E-state index contributed by atoms with van der Waals surface area (Å²) in [5.74, 6) is 0.338. The molecule has 0 unspecified atom stereocenters. The van der Waals surface area contributed by atoms with Crippen molar-refractivity contribution in [2.75, 3.05) is 36.0 Å². The molecule has 0 saturated carbocycles. The van der Waals surface area contributed by atoms with Crippen LogP contribution in [0.2, 0.25) is 0 Å². The Morgan fingerprint density at radius 3 is 2.91 bits per heavy atom. The molecule has 0 radical (unpaired) electrons. The van der Waals surface area contributed by atoms with E-state index in [0.29, 0.717) is 12.5 Å². The third-order valence-corrected chi connectivity index (χ3v) is 7.27. The van der Waals surface area contributed by atoms with E-state index in [-0.39, 0.29) is 11.7 Å². The topological polar surface area (TPSA) is 75.5 Å². The number of pyridine rings is 1. The standard InChI is InChI=1S/C24H28N6O2/c1-16-13-29(21-5-8-26-22-20(21)12-27-28(22)2)14-17-3-4-18(11-19(16)17)30-15-24(32-23(30)31)6-9-25-10-7-24/h3-5,8,11-12,16,25H,6-7,9-10,13-15H2,1-2H3/t16-/m0/s1. The van der Waals surface area contributed by atoms with Gasteiger partial charge in [0.2, 0.25) is 0 Å². The van der Waals surface area contributed by atoms with Crippen LogP contribution in [-0.2, 0) is 18.3 Å². The molecule has 5 heterocycles. The second-order valence-corrected chi connectivity index (χ2v) is 9.39. The number of piperidine rings is 1. The van der Waals surface area contributed by atoms with Gasteiger partial charge in [-0.1, -0.05) is 13.0 Å². The zero-order valence-corrected chi connectivity index (χ0v) is 18.5. The number of ether oxygens (including phenoxy) is 1. The highest BCUT2D eigenvalue weighted by atomic mass is 16.6. The molecule has 32 heavy (non-hydrogen) atoms. The Balaban J connectivity index is 1.29. The normalized spacial score (nSPS) is 22.4. The summed E-state index contributed by atoms with van der Waals surface area (Å²) in [4.78, 5) is 21.4. The molecule has 8 nitrogen and oxygen atoms in total. The van der Waals surface area contributed by atoms with Crippen LogP contribution in [0.3, 0.4) is 0 Å². The van der Waals surface area contributed by atoms with Gasteiger partial charge >= 0.3 is 6.09 Å². The van der Waals surface area contributed by atoms with E-state index in [1.54, 1.807) is 0 Å². The quantitative estimate of drug-likeness (QED) is 0.670. The minimum Gasteiger partial charge on any atom is -0.441 e. The van der Waals surface area contributed by atoms with Gasteiger partial charge in [0.25, 0.3) is 0 Å². The number of carbonyl (C=O) groups excluding carboxylic acids is 1. The average Bonchev–Trinajstić information content (AvgIpc) is 3.33. The van der Waals surface area contributed by atoms with Crippen molar-refractivity contribution in [2.24, 2.45) is 7.05 Å². The summed E-state index contributed by atoms with van der Waals surface area (Å²) < 4.78 is 7.69. The van der Waals surface area contributed by atoms with Crippen molar-refractivity contribution in [2.45, 2.75) is 37.8 Å². The smallest absolute Gasteiger partial charge is 0.415 e. The third kappa shape index (κ3) is 3.04. The van der Waals surface area contributed by atoms with Crippen LogP contribution in [0.1, 0.15) is 36.8 Å². The zero-order chi connectivity index (χ0) is 21.9. The van der Waals surface area contributed by atoms with Crippen LogP contribution in [0.25, 0.3) is 11.0 Å². The fraction of sp³-hybridized carbons (Fsp3) is 0.458. The number of nitrogens with zero attached hydrogens (tertiary/aromatic N) is 5. The monoisotopic (exact) mass is 432 g/mol. The van der Waals surface area contributed by atoms with Gasteiger partial charge in [-0.15, -0.1) is 0 Å². The van der Waals surface area contributed by atoms with E-state index in [2.05, 4.69) is 51.5 Å². The summed E-state index contributed by atoms with van der Waals surface area (Å²) in [5, 5.41) is 8.82. The van der Waals surface area contributed by atoms with Gasteiger partial charge in [0, 0.05) is 44.9 Å². The summed E-state index contributed by atoms with van der Waals surface area (Å²) in [5.41, 5.74) is 5.29. The lowest BCUT2D eigenvalue weighted by molar-refractivity contribution is 0.0316. The number of rotatable bonds is 2. The number of fused-ring (bicyclic) bond motifs is 2. The highest BCUT2D eigenvalue weighted by Gasteiger charge is 2.46. The molecule has 1 spiro atoms. The number of amides is 1. The molecule has 166 valence electrons. The zero-order valence-electron chi connectivity index (χ0n) is 18.5. The minimum absolute atomic E-state index is 0.215. The number of aromatic nitrogens is 3. The lowest BCUT2D eigenvalue weighted by atomic mass is 9.89. The molecule has 3 aliphatic rings. The second kappa shape index (κ2) is 7.20. The number of anilines is 2. The van der Waals surface area contributed by atoms with Gasteiger partial charge in [-0.3, -0.25) is 9.58 Å². The Hall–Kier alpha value is -3.13. The lowest BCUT2D eigenvalue weighted by Crippen LogP contribution is -2.44. The molecule has 1 aromatic carbocycles. The van der Waals surface area contributed by atoms with Gasteiger partial charge in [-0.25, -0.2) is 9.78 Å². The molecule has 3 aliphatic heterocycles. The maximum atomic E-state index is 12.7. The van der Waals surface area contributed by atoms with Crippen molar-refractivity contribution in [1.29, 1.82) is 0 Å². The third-order valence-electron chi connectivity index (χ3n) is 7.27. The molecular formula is C24H28N6O2. The molecule has 0 aliphatic carbocycles. The Morgan fingerprint density at radius 2 is 2.06 bits per heavy atom. The number of aryl methyl sites for hydroxylation is 1. The van der Waals surface area contributed by atoms with Crippen LogP contribution < -0.4 is 15.1 Å². The maximum Gasteiger partial charge on any atom is 0.415 e. The summed E-state index contributed by atoms with van der Waals surface area (Å²) in [6.45, 7) is 6.43. The molecular weight excluding hydrogens is 404 g/mol. The van der Waals surface area contributed by atoms with Crippen LogP contribution in [0.5, 0.6) is 0 Å². The predicted octanol–water partition coefficient (Wildman–Crippen LogP) is 3.17. The first kappa shape index (κ1) is 19.5. The first-order valence-corrected chi connectivity index (χ1v) is 11.4. The summed E-state index contributed by atoms with van der Waals surface area (Å²) in [7, 11) is 1.92. The van der Waals surface area contributed by atoms with Crippen LogP contribution in [-0.4, -0.2) is 52.6 Å². The fourth-order valence-electron chi connectivity index (χ4n) is 5.51. The van der Waals surface area contributed by atoms with Gasteiger partial charge in [0.1, 0.15) is 5.60 Å². The molecule has 6 rings (SSSR count). The molecule has 1 amide bonds. The molecule has 8 heteroatoms. The SMILES string of the molecule is C[C@H]1CN(c2ccnc3c2cnn3C)Cc2ccc(N3CC4(CCNCC4)OC3=O)cc21. The summed E-state index contributed by atoms with van der Waals surface area (Å²) >= 11 is 0. The van der Waals surface area contributed by atoms with Gasteiger partial charge in [0.15, 0.2) is 5.65 Å². The largest absolute Gasteiger partial charge is 0.441 e. The van der Waals surface area contributed by atoms with Gasteiger partial charge in [-0.2, -0.15) is 5.10 Å². The van der Waals surface area contributed by atoms with Gasteiger partial charge in [-0.05, 0) is 48.3 Å². The molecule has 2 aromatic heterocycles. The fourth-order valence-corrected chi connectivity index (χ4v) is 5.51. The predicted molar refractivity (Wildman–Crippen MR) is 123 cm³/mol. The van der Waals surface area contributed by atoms with E-state index in [9.17, 15) is 4.79 Å². The van der Waals surface area contributed by atoms with Crippen LogP contribution >= 0.6 is 0 Å². The van der Waals surface area contributed by atoms with Crippen molar-refractivity contribution in [3.63, 3.8) is 0 Å². The molecule has 2 saturated heterocycles. The second-order valence-electron chi connectivity index (χ2n) is 9.39. The Bertz CT molecular complexity index is 1200. The van der Waals surface area contributed by atoms with E-state index in [1.807, 2.05) is 29.0 Å². The number of carbonyl (C=O) groups is 1. The number of hydrogen-bond donors (Lipinski definition) is 1. The molecule has 1 N–H and O–H groups in total. The maximum absolute atomic E-state index is 12.7. The van der Waals surface area contributed by atoms with Crippen LogP contribution in [0.15, 0.2) is 36.7 Å². The Kier molecular flexibility index (Phi) is 4.40. The minimum atomic E-state index is -0.336. The average molecular weight is 433 g/mol. The Morgan fingerprint density at radius 1 is 1.22 bits per heavy atom. The summed E-state index contributed by atoms with van der Waals surface area (Å²) in [6, 6.07) is 8.53. The van der Waals surface area contributed by atoms with E-state index >= 15 is 0 Å². The van der Waals surface area contributed by atoms with Crippen molar-refractivity contribution in [1.82, 2.24) is 20.1 Å². The highest BCUT2D eigenvalue weighted by molar-refractivity contribution is 5.91. The summed E-state index contributed by atoms with van der Waals surface area (Å²) in [6.07, 6.45) is 5.29. The molecule has 3 aromatic rings. The van der Waals surface area contributed by atoms with E-state index in [4.69, 9.17) is 4.74 Å². The number of nitrogens with one attached hydrogen (secondary N) is 1. The van der Waals surface area contributed by atoms with Crippen molar-refractivity contribution < 1.29 is 9.53 Å². The van der Waals surface area contributed by atoms with Gasteiger partial charge < -0.3 is 15.0 Å². The van der Waals surface area contributed by atoms with Crippen molar-refractivity contribution in [3.8, 4) is 0 Å². The molecule has 1 atom stereocenters. The van der Waals surface area contributed by atoms with E-state index < -0.39 is 0 Å². The lowest BCUT2D eigenvalue weighted by Gasteiger charge is -2.35. The van der Waals surface area contributed by atoms with Crippen molar-refractivity contribution >= 4 is 28.5 Å². The van der Waals surface area contributed by atoms with Crippen LogP contribution in [0.4, 0.5) is 16.2 Å². The first-order valence-electron chi connectivity index (χ1n) is 11.4.